The molecule has 0 fully saturated rings. The molecule has 0 unspecified atom stereocenters. The highest BCUT2D eigenvalue weighted by molar-refractivity contribution is 6.23. The lowest BCUT2D eigenvalue weighted by Crippen LogP contribution is -2.00. The van der Waals surface area contributed by atoms with Crippen LogP contribution in [0.2, 0.25) is 0 Å². The highest BCUT2D eigenvalue weighted by Crippen LogP contribution is 2.45. The molecule has 0 atom stereocenters. The average Bonchev–Trinajstić information content (AvgIpc) is 3.51. The van der Waals surface area contributed by atoms with Crippen molar-refractivity contribution in [3.8, 4) is 45.0 Å². The second-order valence-corrected chi connectivity index (χ2v) is 14.8. The van der Waals surface area contributed by atoms with E-state index in [9.17, 15) is 0 Å². The summed E-state index contributed by atoms with van der Waals surface area (Å²) in [5.41, 5.74) is 12.2. The van der Waals surface area contributed by atoms with Gasteiger partial charge in [-0.2, -0.15) is 0 Å². The zero-order valence-corrected chi connectivity index (χ0v) is 31.2. The molecular formula is C55H36N2. The van der Waals surface area contributed by atoms with Gasteiger partial charge in [0, 0.05) is 16.7 Å². The van der Waals surface area contributed by atoms with Crippen LogP contribution in [0.15, 0.2) is 200 Å². The Morgan fingerprint density at radius 1 is 0.368 bits per heavy atom. The molecule has 1 aliphatic rings. The monoisotopic (exact) mass is 724 g/mol. The predicted molar refractivity (Wildman–Crippen MR) is 241 cm³/mol. The van der Waals surface area contributed by atoms with Crippen molar-refractivity contribution in [3.05, 3.63) is 217 Å². The molecule has 10 aromatic rings. The van der Waals surface area contributed by atoms with E-state index in [0.717, 1.165) is 39.9 Å². The van der Waals surface area contributed by atoms with Crippen LogP contribution in [0.25, 0.3) is 99.8 Å². The molecule has 266 valence electrons. The van der Waals surface area contributed by atoms with Gasteiger partial charge in [-0.05, 0) is 95.0 Å². The summed E-state index contributed by atoms with van der Waals surface area (Å²) in [5, 5.41) is 9.86. The van der Waals surface area contributed by atoms with Crippen LogP contribution in [0.3, 0.4) is 0 Å². The molecule has 11 rings (SSSR count). The third kappa shape index (κ3) is 5.65. The van der Waals surface area contributed by atoms with Crippen LogP contribution >= 0.6 is 0 Å². The third-order valence-electron chi connectivity index (χ3n) is 11.5. The lowest BCUT2D eigenvalue weighted by atomic mass is 9.86. The second kappa shape index (κ2) is 13.7. The van der Waals surface area contributed by atoms with Gasteiger partial charge in [0.15, 0.2) is 5.82 Å². The van der Waals surface area contributed by atoms with Crippen LogP contribution in [0, 0.1) is 0 Å². The van der Waals surface area contributed by atoms with Crippen molar-refractivity contribution in [1.82, 2.24) is 9.97 Å². The fraction of sp³-hybridized carbons (Fsp3) is 0.0182. The molecule has 0 aliphatic heterocycles. The Balaban J connectivity index is 1.17. The van der Waals surface area contributed by atoms with E-state index in [1.807, 2.05) is 6.07 Å². The summed E-state index contributed by atoms with van der Waals surface area (Å²) >= 11 is 0. The molecule has 0 radical (unpaired) electrons. The Morgan fingerprint density at radius 3 is 1.79 bits per heavy atom. The molecule has 0 saturated carbocycles. The molecule has 0 amide bonds. The molecule has 2 heteroatoms. The molecule has 1 aliphatic carbocycles. The molecule has 9 aromatic carbocycles. The second-order valence-electron chi connectivity index (χ2n) is 14.8. The van der Waals surface area contributed by atoms with Gasteiger partial charge in [0.1, 0.15) is 0 Å². The van der Waals surface area contributed by atoms with E-state index < -0.39 is 0 Å². The maximum Gasteiger partial charge on any atom is 0.160 e. The van der Waals surface area contributed by atoms with Crippen molar-refractivity contribution in [2.75, 3.05) is 0 Å². The van der Waals surface area contributed by atoms with Crippen molar-refractivity contribution in [3.63, 3.8) is 0 Å². The smallest absolute Gasteiger partial charge is 0.160 e. The Hall–Kier alpha value is -7.42. The van der Waals surface area contributed by atoms with E-state index in [4.69, 9.17) is 9.97 Å². The van der Waals surface area contributed by atoms with Crippen molar-refractivity contribution in [2.24, 2.45) is 0 Å². The van der Waals surface area contributed by atoms with Crippen LogP contribution in [0.1, 0.15) is 23.1 Å². The fourth-order valence-electron chi connectivity index (χ4n) is 8.88. The van der Waals surface area contributed by atoms with Gasteiger partial charge >= 0.3 is 0 Å². The van der Waals surface area contributed by atoms with Crippen molar-refractivity contribution in [1.29, 1.82) is 0 Å². The summed E-state index contributed by atoms with van der Waals surface area (Å²) in [4.78, 5) is 10.7. The quantitative estimate of drug-likeness (QED) is 0.130. The molecule has 0 bridgehead atoms. The van der Waals surface area contributed by atoms with Crippen LogP contribution in [0.4, 0.5) is 0 Å². The summed E-state index contributed by atoms with van der Waals surface area (Å²) in [5.74, 6) is 0.704. The highest BCUT2D eigenvalue weighted by atomic mass is 14.9. The number of nitrogens with zero attached hydrogens (tertiary/aromatic N) is 2. The number of hydrogen-bond donors (Lipinski definition) is 0. The first-order valence-electron chi connectivity index (χ1n) is 19.6. The van der Waals surface area contributed by atoms with Gasteiger partial charge in [-0.25, -0.2) is 9.97 Å². The Labute approximate surface area is 331 Å². The van der Waals surface area contributed by atoms with E-state index in [1.165, 1.54) is 71.1 Å². The maximum atomic E-state index is 5.35. The Morgan fingerprint density at radius 2 is 1.00 bits per heavy atom. The van der Waals surface area contributed by atoms with Gasteiger partial charge < -0.3 is 0 Å². The maximum absolute atomic E-state index is 5.35. The minimum Gasteiger partial charge on any atom is -0.228 e. The van der Waals surface area contributed by atoms with Gasteiger partial charge in [-0.3, -0.25) is 0 Å². The fourth-order valence-corrected chi connectivity index (χ4v) is 8.88. The lowest BCUT2D eigenvalue weighted by molar-refractivity contribution is 1.18. The summed E-state index contributed by atoms with van der Waals surface area (Å²) in [7, 11) is 0. The van der Waals surface area contributed by atoms with E-state index in [2.05, 4.69) is 200 Å². The summed E-state index contributed by atoms with van der Waals surface area (Å²) in [6, 6.07) is 67.7. The van der Waals surface area contributed by atoms with Crippen molar-refractivity contribution >= 4 is 54.7 Å². The third-order valence-corrected chi connectivity index (χ3v) is 11.5. The normalized spacial score (nSPS) is 12.5. The van der Waals surface area contributed by atoms with Crippen molar-refractivity contribution in [2.45, 2.75) is 6.42 Å². The Bertz CT molecular complexity index is 3250. The number of hydrogen-bond acceptors (Lipinski definition) is 2. The number of aromatic nitrogens is 2. The minimum atomic E-state index is 0.704. The van der Waals surface area contributed by atoms with Gasteiger partial charge in [0.05, 0.1) is 11.4 Å². The van der Waals surface area contributed by atoms with Crippen LogP contribution in [0.5, 0.6) is 0 Å². The van der Waals surface area contributed by atoms with Crippen LogP contribution < -0.4 is 0 Å². The summed E-state index contributed by atoms with van der Waals surface area (Å²) in [6.45, 7) is 0. The van der Waals surface area contributed by atoms with Crippen LogP contribution in [-0.4, -0.2) is 9.97 Å². The topological polar surface area (TPSA) is 25.8 Å². The Kier molecular flexibility index (Phi) is 7.93. The molecule has 0 spiro atoms. The number of benzene rings is 9. The van der Waals surface area contributed by atoms with Gasteiger partial charge in [-0.15, -0.1) is 0 Å². The van der Waals surface area contributed by atoms with Gasteiger partial charge in [0.2, 0.25) is 0 Å². The van der Waals surface area contributed by atoms with E-state index >= 15 is 0 Å². The molecule has 1 heterocycles. The number of allylic oxidation sites excluding steroid dienone is 2. The first-order valence-corrected chi connectivity index (χ1v) is 19.6. The molecule has 0 N–H and O–H groups in total. The SMILES string of the molecule is C1=Cc2cccc(-c3cc(-c4ccc(-c5c6ccccc6cc6c5ccc5ccccc56)c5ccccc45)nc(-c4ccccc4)n3)c2C(c2ccccc2)=CC1. The first-order chi connectivity index (χ1) is 28.3. The van der Waals surface area contributed by atoms with Crippen molar-refractivity contribution < 1.29 is 0 Å². The molecule has 2 nitrogen and oxygen atoms in total. The summed E-state index contributed by atoms with van der Waals surface area (Å²) in [6.07, 6.45) is 7.70. The van der Waals surface area contributed by atoms with E-state index in [-0.39, 0.29) is 0 Å². The number of rotatable bonds is 5. The highest BCUT2D eigenvalue weighted by Gasteiger charge is 2.21. The van der Waals surface area contributed by atoms with Crippen LogP contribution in [-0.2, 0) is 0 Å². The number of fused-ring (bicyclic) bond motifs is 6. The lowest BCUT2D eigenvalue weighted by Gasteiger charge is -2.19. The largest absolute Gasteiger partial charge is 0.228 e. The molecular weight excluding hydrogens is 689 g/mol. The van der Waals surface area contributed by atoms with Gasteiger partial charge in [-0.1, -0.05) is 194 Å². The average molecular weight is 725 g/mol. The van der Waals surface area contributed by atoms with E-state index in [0.29, 0.717) is 5.82 Å². The zero-order valence-electron chi connectivity index (χ0n) is 31.2. The van der Waals surface area contributed by atoms with E-state index in [1.54, 1.807) is 0 Å². The molecule has 0 saturated heterocycles. The predicted octanol–water partition coefficient (Wildman–Crippen LogP) is 14.6. The first kappa shape index (κ1) is 33.0. The summed E-state index contributed by atoms with van der Waals surface area (Å²) < 4.78 is 0. The minimum absolute atomic E-state index is 0.704. The molecule has 1 aromatic heterocycles. The van der Waals surface area contributed by atoms with Gasteiger partial charge in [0.25, 0.3) is 0 Å². The molecule has 57 heavy (non-hydrogen) atoms. The standard InChI is InChI=1S/C55H36N2/c1-3-16-36(17-4-1)42-25-11-8-19-38-23-15-29-49(53(38)42)52-35-51(56-55(57-52)39-20-5-2-6-21-39)46-32-33-47(45-28-14-13-27-44(45)46)54-43-26-12-9-22-40(43)34-50-41-24-10-7-18-37(41)30-31-48(50)54/h1-10,12-35H,11H2. The zero-order chi connectivity index (χ0) is 37.7.